The SMILES string of the molecule is COC(CN)C(=O)N1c2ccccc2CCC1C. The van der Waals surface area contributed by atoms with Crippen LogP contribution in [0.3, 0.4) is 0 Å². The molecule has 2 atom stereocenters. The lowest BCUT2D eigenvalue weighted by atomic mass is 9.96. The van der Waals surface area contributed by atoms with Crippen LogP contribution >= 0.6 is 0 Å². The topological polar surface area (TPSA) is 55.6 Å². The van der Waals surface area contributed by atoms with Crippen LogP contribution in [0.1, 0.15) is 18.9 Å². The van der Waals surface area contributed by atoms with E-state index in [1.807, 2.05) is 23.1 Å². The summed E-state index contributed by atoms with van der Waals surface area (Å²) in [5.41, 5.74) is 7.80. The van der Waals surface area contributed by atoms with Crippen molar-refractivity contribution < 1.29 is 9.53 Å². The molecule has 0 bridgehead atoms. The fourth-order valence-corrected chi connectivity index (χ4v) is 2.48. The molecule has 0 saturated carbocycles. The molecule has 1 aliphatic heterocycles. The van der Waals surface area contributed by atoms with Gasteiger partial charge in [-0.1, -0.05) is 18.2 Å². The van der Waals surface area contributed by atoms with Crippen LogP contribution in [0.5, 0.6) is 0 Å². The van der Waals surface area contributed by atoms with Crippen molar-refractivity contribution in [2.45, 2.75) is 31.9 Å². The van der Waals surface area contributed by atoms with Gasteiger partial charge in [0.05, 0.1) is 0 Å². The number of methoxy groups -OCH3 is 1. The molecule has 0 radical (unpaired) electrons. The van der Waals surface area contributed by atoms with E-state index in [0.29, 0.717) is 0 Å². The first kappa shape index (κ1) is 13.1. The van der Waals surface area contributed by atoms with Crippen LogP contribution in [0.25, 0.3) is 0 Å². The van der Waals surface area contributed by atoms with Crippen LogP contribution in [-0.2, 0) is 16.0 Å². The zero-order valence-corrected chi connectivity index (χ0v) is 10.9. The first-order chi connectivity index (χ1) is 8.69. The van der Waals surface area contributed by atoms with Gasteiger partial charge in [-0.25, -0.2) is 0 Å². The highest BCUT2D eigenvalue weighted by Crippen LogP contribution is 2.31. The Hall–Kier alpha value is -1.39. The van der Waals surface area contributed by atoms with Crippen molar-refractivity contribution in [1.82, 2.24) is 0 Å². The Kier molecular flexibility index (Phi) is 3.99. The predicted molar refractivity (Wildman–Crippen MR) is 71.6 cm³/mol. The van der Waals surface area contributed by atoms with Crippen molar-refractivity contribution >= 4 is 11.6 Å². The Morgan fingerprint density at radius 3 is 2.94 bits per heavy atom. The Morgan fingerprint density at radius 2 is 2.28 bits per heavy atom. The van der Waals surface area contributed by atoms with Crippen LogP contribution in [-0.4, -0.2) is 31.7 Å². The highest BCUT2D eigenvalue weighted by molar-refractivity contribution is 5.98. The smallest absolute Gasteiger partial charge is 0.257 e. The molecule has 2 rings (SSSR count). The number of carbonyl (C=O) groups is 1. The van der Waals surface area contributed by atoms with Gasteiger partial charge in [-0.15, -0.1) is 0 Å². The highest BCUT2D eigenvalue weighted by atomic mass is 16.5. The van der Waals surface area contributed by atoms with Gasteiger partial charge in [0.15, 0.2) is 0 Å². The maximum Gasteiger partial charge on any atom is 0.257 e. The lowest BCUT2D eigenvalue weighted by Gasteiger charge is -2.36. The Labute approximate surface area is 108 Å². The zero-order valence-electron chi connectivity index (χ0n) is 10.9. The molecule has 0 saturated heterocycles. The third-order valence-electron chi connectivity index (χ3n) is 3.53. The summed E-state index contributed by atoms with van der Waals surface area (Å²) in [6.45, 7) is 2.28. The maximum atomic E-state index is 12.5. The number of fused-ring (bicyclic) bond motifs is 1. The molecule has 1 aromatic rings. The van der Waals surface area contributed by atoms with Crippen LogP contribution in [0.2, 0.25) is 0 Å². The minimum absolute atomic E-state index is 0.0420. The van der Waals surface area contributed by atoms with Gasteiger partial charge in [0.2, 0.25) is 0 Å². The molecular weight excluding hydrogens is 228 g/mol. The Balaban J connectivity index is 2.34. The number of para-hydroxylation sites is 1. The van der Waals surface area contributed by atoms with Gasteiger partial charge < -0.3 is 15.4 Å². The van der Waals surface area contributed by atoms with E-state index < -0.39 is 6.10 Å². The minimum Gasteiger partial charge on any atom is -0.370 e. The van der Waals surface area contributed by atoms with Crippen LogP contribution in [0, 0.1) is 0 Å². The summed E-state index contributed by atoms with van der Waals surface area (Å²) in [6.07, 6.45) is 1.43. The standard InChI is InChI=1S/C14H20N2O2/c1-10-7-8-11-5-3-4-6-12(11)16(10)14(17)13(9-15)18-2/h3-6,10,13H,7-9,15H2,1-2H3. The molecule has 2 unspecified atom stereocenters. The fraction of sp³-hybridized carbons (Fsp3) is 0.500. The summed E-state index contributed by atoms with van der Waals surface area (Å²) in [7, 11) is 1.52. The number of benzene rings is 1. The third kappa shape index (κ3) is 2.26. The first-order valence-corrected chi connectivity index (χ1v) is 6.33. The summed E-state index contributed by atoms with van der Waals surface area (Å²) in [6, 6.07) is 8.23. The lowest BCUT2D eigenvalue weighted by molar-refractivity contribution is -0.128. The molecule has 18 heavy (non-hydrogen) atoms. The largest absolute Gasteiger partial charge is 0.370 e. The number of aryl methyl sites for hydroxylation is 1. The van der Waals surface area contributed by atoms with Crippen LogP contribution in [0.15, 0.2) is 24.3 Å². The van der Waals surface area contributed by atoms with Crippen LogP contribution < -0.4 is 10.6 Å². The molecule has 0 fully saturated rings. The van der Waals surface area contributed by atoms with E-state index in [9.17, 15) is 4.79 Å². The number of nitrogens with two attached hydrogens (primary N) is 1. The number of hydrogen-bond donors (Lipinski definition) is 1. The molecule has 1 aliphatic rings. The maximum absolute atomic E-state index is 12.5. The molecule has 4 nitrogen and oxygen atoms in total. The summed E-state index contributed by atoms with van der Waals surface area (Å²) in [5, 5.41) is 0. The van der Waals surface area contributed by atoms with E-state index in [4.69, 9.17) is 10.5 Å². The normalized spacial score (nSPS) is 20.4. The van der Waals surface area contributed by atoms with E-state index in [2.05, 4.69) is 13.0 Å². The van der Waals surface area contributed by atoms with Gasteiger partial charge in [-0.3, -0.25) is 4.79 Å². The molecule has 98 valence electrons. The molecule has 1 amide bonds. The van der Waals surface area contributed by atoms with Crippen molar-refractivity contribution in [2.75, 3.05) is 18.6 Å². The average Bonchev–Trinajstić information content (AvgIpc) is 2.39. The molecule has 2 N–H and O–H groups in total. The molecule has 1 aromatic carbocycles. The van der Waals surface area contributed by atoms with Gasteiger partial charge in [-0.05, 0) is 31.4 Å². The molecule has 0 aromatic heterocycles. The van der Waals surface area contributed by atoms with Crippen molar-refractivity contribution in [3.8, 4) is 0 Å². The van der Waals surface area contributed by atoms with E-state index in [0.717, 1.165) is 18.5 Å². The molecule has 0 aliphatic carbocycles. The second-order valence-electron chi connectivity index (χ2n) is 4.68. The van der Waals surface area contributed by atoms with E-state index in [1.54, 1.807) is 0 Å². The summed E-state index contributed by atoms with van der Waals surface area (Å²) in [5.74, 6) is -0.0420. The van der Waals surface area contributed by atoms with Crippen LogP contribution in [0.4, 0.5) is 5.69 Å². The molecular formula is C14H20N2O2. The second kappa shape index (κ2) is 5.50. The molecule has 4 heteroatoms. The number of hydrogen-bond acceptors (Lipinski definition) is 3. The van der Waals surface area contributed by atoms with Gasteiger partial charge in [0.1, 0.15) is 6.10 Å². The number of nitrogens with zero attached hydrogens (tertiary/aromatic N) is 1. The van der Waals surface area contributed by atoms with Gasteiger partial charge >= 0.3 is 0 Å². The van der Waals surface area contributed by atoms with Crippen molar-refractivity contribution in [3.05, 3.63) is 29.8 Å². The van der Waals surface area contributed by atoms with Crippen molar-refractivity contribution in [3.63, 3.8) is 0 Å². The summed E-state index contributed by atoms with van der Waals surface area (Å²) >= 11 is 0. The van der Waals surface area contributed by atoms with Crippen molar-refractivity contribution in [1.29, 1.82) is 0 Å². The summed E-state index contributed by atoms with van der Waals surface area (Å²) < 4.78 is 5.16. The zero-order chi connectivity index (χ0) is 13.1. The monoisotopic (exact) mass is 248 g/mol. The summed E-state index contributed by atoms with van der Waals surface area (Å²) in [4.78, 5) is 14.3. The number of amides is 1. The lowest BCUT2D eigenvalue weighted by Crippen LogP contribution is -2.49. The number of carbonyl (C=O) groups excluding carboxylic acids is 1. The third-order valence-corrected chi connectivity index (χ3v) is 3.53. The van der Waals surface area contributed by atoms with Gasteiger partial charge in [0, 0.05) is 25.4 Å². The van der Waals surface area contributed by atoms with E-state index in [-0.39, 0.29) is 18.5 Å². The number of ether oxygens (including phenoxy) is 1. The van der Waals surface area contributed by atoms with Gasteiger partial charge in [-0.2, -0.15) is 0 Å². The predicted octanol–water partition coefficient (Wildman–Crippen LogP) is 1.33. The van der Waals surface area contributed by atoms with Gasteiger partial charge in [0.25, 0.3) is 5.91 Å². The average molecular weight is 248 g/mol. The van der Waals surface area contributed by atoms with E-state index in [1.165, 1.54) is 12.7 Å². The first-order valence-electron chi connectivity index (χ1n) is 6.33. The highest BCUT2D eigenvalue weighted by Gasteiger charge is 2.31. The molecule has 0 spiro atoms. The van der Waals surface area contributed by atoms with Crippen molar-refractivity contribution in [2.24, 2.45) is 5.73 Å². The van der Waals surface area contributed by atoms with E-state index >= 15 is 0 Å². The number of rotatable bonds is 3. The second-order valence-corrected chi connectivity index (χ2v) is 4.68. The Morgan fingerprint density at radius 1 is 1.56 bits per heavy atom. The molecule has 1 heterocycles. The Bertz CT molecular complexity index is 430. The minimum atomic E-state index is -0.557. The number of anilines is 1. The quantitative estimate of drug-likeness (QED) is 0.878. The fourth-order valence-electron chi connectivity index (χ4n) is 2.48.